The fourth-order valence-corrected chi connectivity index (χ4v) is 1.65. The third-order valence-electron chi connectivity index (χ3n) is 2.42. The monoisotopic (exact) mass is 152 g/mol. The van der Waals surface area contributed by atoms with Gasteiger partial charge in [0.05, 0.1) is 0 Å². The van der Waals surface area contributed by atoms with Crippen molar-refractivity contribution in [2.24, 2.45) is 0 Å². The van der Waals surface area contributed by atoms with Crippen molar-refractivity contribution in [3.63, 3.8) is 0 Å². The van der Waals surface area contributed by atoms with Gasteiger partial charge in [-0.05, 0) is 28.3 Å². The highest BCUT2D eigenvalue weighted by Gasteiger charge is 2.16. The molecule has 0 nitrogen and oxygen atoms in total. The molecule has 0 spiro atoms. The highest BCUT2D eigenvalue weighted by Crippen LogP contribution is 2.42. The molecule has 0 bridgehead atoms. The molecule has 0 heterocycles. The van der Waals surface area contributed by atoms with Crippen molar-refractivity contribution in [3.8, 4) is 22.3 Å². The Labute approximate surface area is 71.5 Å². The summed E-state index contributed by atoms with van der Waals surface area (Å²) < 4.78 is 0. The normalized spacial score (nSPS) is 11.3. The van der Waals surface area contributed by atoms with Gasteiger partial charge in [0.25, 0.3) is 0 Å². The second-order valence-electron chi connectivity index (χ2n) is 3.13. The predicted molar refractivity (Wildman–Crippen MR) is 50.9 cm³/mol. The van der Waals surface area contributed by atoms with E-state index in [-0.39, 0.29) is 0 Å². The van der Waals surface area contributed by atoms with Crippen LogP contribution in [0.15, 0.2) is 48.5 Å². The van der Waals surface area contributed by atoms with E-state index in [1.165, 1.54) is 22.3 Å². The first-order valence-corrected chi connectivity index (χ1v) is 4.15. The number of rotatable bonds is 1. The van der Waals surface area contributed by atoms with Crippen molar-refractivity contribution in [3.05, 3.63) is 48.5 Å². The molecule has 1 aromatic carbocycles. The summed E-state index contributed by atoms with van der Waals surface area (Å²) in [5, 5.41) is 0. The lowest BCUT2D eigenvalue weighted by atomic mass is 9.83. The standard InChI is InChI=1S/C12H8/c1-2-4-9(5-3-1)12-8-10-6-7-11(10)12/h1-8H. The Bertz CT molecular complexity index is 421. The molecule has 0 heteroatoms. The molecule has 0 aliphatic heterocycles. The number of benzene rings is 2. The summed E-state index contributed by atoms with van der Waals surface area (Å²) >= 11 is 0. The SMILES string of the molecule is c1ccc(-c2cc3ccc2-3)cc1. The molecule has 56 valence electrons. The van der Waals surface area contributed by atoms with Crippen LogP contribution in [0.3, 0.4) is 0 Å². The summed E-state index contributed by atoms with van der Waals surface area (Å²) in [6.07, 6.45) is 0. The van der Waals surface area contributed by atoms with Crippen LogP contribution in [-0.2, 0) is 0 Å². The molecular weight excluding hydrogens is 144 g/mol. The molecule has 0 N–H and O–H groups in total. The summed E-state index contributed by atoms with van der Waals surface area (Å²) in [5.74, 6) is 0. The van der Waals surface area contributed by atoms with Gasteiger partial charge in [-0.2, -0.15) is 0 Å². The lowest BCUT2D eigenvalue weighted by Gasteiger charge is -2.20. The molecule has 0 fully saturated rings. The Balaban J connectivity index is 2.15. The zero-order chi connectivity index (χ0) is 7.97. The van der Waals surface area contributed by atoms with Crippen LogP contribution in [0, 0.1) is 0 Å². The van der Waals surface area contributed by atoms with Crippen LogP contribution in [0.25, 0.3) is 22.3 Å². The molecule has 0 saturated heterocycles. The highest BCUT2D eigenvalue weighted by molar-refractivity contribution is 5.95. The minimum absolute atomic E-state index is 1.33. The maximum atomic E-state index is 2.24. The average Bonchev–Trinajstić information content (AvgIpc) is 2.11. The van der Waals surface area contributed by atoms with Gasteiger partial charge in [-0.25, -0.2) is 0 Å². The molecule has 2 aliphatic rings. The Kier molecular flexibility index (Phi) is 0.991. The topological polar surface area (TPSA) is 0 Å². The molecular formula is C12H8. The van der Waals surface area contributed by atoms with Crippen molar-refractivity contribution in [2.75, 3.05) is 0 Å². The fourth-order valence-electron chi connectivity index (χ4n) is 1.65. The maximum absolute atomic E-state index is 2.24. The van der Waals surface area contributed by atoms with E-state index in [4.69, 9.17) is 0 Å². The molecule has 3 rings (SSSR count). The third-order valence-corrected chi connectivity index (χ3v) is 2.42. The summed E-state index contributed by atoms with van der Waals surface area (Å²) in [4.78, 5) is 0. The summed E-state index contributed by atoms with van der Waals surface area (Å²) in [6, 6.07) is 17.1. The summed E-state index contributed by atoms with van der Waals surface area (Å²) in [6.45, 7) is 0. The fraction of sp³-hybridized carbons (Fsp3) is 0. The molecule has 0 radical (unpaired) electrons. The van der Waals surface area contributed by atoms with Gasteiger partial charge in [0.15, 0.2) is 0 Å². The number of fused-ring (bicyclic) bond motifs is 1. The van der Waals surface area contributed by atoms with E-state index in [1.807, 2.05) is 0 Å². The van der Waals surface area contributed by atoms with E-state index < -0.39 is 0 Å². The highest BCUT2D eigenvalue weighted by atomic mass is 14.2. The minimum Gasteiger partial charge on any atom is -0.0622 e. The van der Waals surface area contributed by atoms with E-state index in [1.54, 1.807) is 0 Å². The maximum Gasteiger partial charge on any atom is -0.00992 e. The van der Waals surface area contributed by atoms with Gasteiger partial charge in [0.2, 0.25) is 0 Å². The summed E-state index contributed by atoms with van der Waals surface area (Å²) in [5.41, 5.74) is 5.57. The number of hydrogen-bond acceptors (Lipinski definition) is 0. The molecule has 0 saturated carbocycles. The molecule has 0 unspecified atom stereocenters. The third kappa shape index (κ3) is 0.620. The second kappa shape index (κ2) is 1.98. The van der Waals surface area contributed by atoms with Gasteiger partial charge in [-0.15, -0.1) is 0 Å². The lowest BCUT2D eigenvalue weighted by Crippen LogP contribution is -1.94. The van der Waals surface area contributed by atoms with Crippen molar-refractivity contribution in [1.29, 1.82) is 0 Å². The average molecular weight is 152 g/mol. The minimum atomic E-state index is 1.33. The Hall–Kier alpha value is -1.56. The van der Waals surface area contributed by atoms with Crippen LogP contribution in [0.5, 0.6) is 0 Å². The Morgan fingerprint density at radius 3 is 1.92 bits per heavy atom. The zero-order valence-electron chi connectivity index (χ0n) is 6.62. The van der Waals surface area contributed by atoms with Crippen LogP contribution in [0.1, 0.15) is 0 Å². The zero-order valence-corrected chi connectivity index (χ0v) is 6.62. The molecule has 0 amide bonds. The van der Waals surface area contributed by atoms with Crippen LogP contribution in [0.2, 0.25) is 0 Å². The van der Waals surface area contributed by atoms with Gasteiger partial charge < -0.3 is 0 Å². The van der Waals surface area contributed by atoms with Gasteiger partial charge >= 0.3 is 0 Å². The molecule has 2 aliphatic carbocycles. The van der Waals surface area contributed by atoms with E-state index in [9.17, 15) is 0 Å². The first kappa shape index (κ1) is 6.01. The van der Waals surface area contributed by atoms with Crippen LogP contribution in [0.4, 0.5) is 0 Å². The van der Waals surface area contributed by atoms with Gasteiger partial charge in [-0.1, -0.05) is 42.5 Å². The van der Waals surface area contributed by atoms with E-state index in [2.05, 4.69) is 48.5 Å². The van der Waals surface area contributed by atoms with Gasteiger partial charge in [0, 0.05) is 0 Å². The van der Waals surface area contributed by atoms with Gasteiger partial charge in [0.1, 0.15) is 0 Å². The first-order chi connectivity index (χ1) is 5.95. The summed E-state index contributed by atoms with van der Waals surface area (Å²) in [7, 11) is 0. The Morgan fingerprint density at radius 1 is 0.583 bits per heavy atom. The van der Waals surface area contributed by atoms with Crippen molar-refractivity contribution in [2.45, 2.75) is 0 Å². The van der Waals surface area contributed by atoms with Crippen molar-refractivity contribution >= 4 is 0 Å². The predicted octanol–water partition coefficient (Wildman–Crippen LogP) is 3.33. The molecule has 1 aromatic rings. The van der Waals surface area contributed by atoms with Crippen LogP contribution in [-0.4, -0.2) is 0 Å². The molecule has 0 aromatic heterocycles. The lowest BCUT2D eigenvalue weighted by molar-refractivity contribution is 1.52. The van der Waals surface area contributed by atoms with E-state index in [0.29, 0.717) is 0 Å². The van der Waals surface area contributed by atoms with Crippen LogP contribution >= 0.6 is 0 Å². The van der Waals surface area contributed by atoms with Crippen molar-refractivity contribution in [1.82, 2.24) is 0 Å². The van der Waals surface area contributed by atoms with Gasteiger partial charge in [-0.3, -0.25) is 0 Å². The molecule has 0 atom stereocenters. The van der Waals surface area contributed by atoms with Crippen LogP contribution < -0.4 is 0 Å². The Morgan fingerprint density at radius 2 is 1.42 bits per heavy atom. The smallest absolute Gasteiger partial charge is 0.00992 e. The largest absolute Gasteiger partial charge is 0.0622 e. The van der Waals surface area contributed by atoms with E-state index >= 15 is 0 Å². The second-order valence-corrected chi connectivity index (χ2v) is 3.13. The number of hydrogen-bond donors (Lipinski definition) is 0. The molecule has 12 heavy (non-hydrogen) atoms. The van der Waals surface area contributed by atoms with E-state index in [0.717, 1.165) is 0 Å². The first-order valence-electron chi connectivity index (χ1n) is 4.15. The quantitative estimate of drug-likeness (QED) is 0.501. The van der Waals surface area contributed by atoms with Crippen molar-refractivity contribution < 1.29 is 0 Å².